The molecule has 2 rings (SSSR count). The lowest BCUT2D eigenvalue weighted by Gasteiger charge is -2.10. The van der Waals surface area contributed by atoms with E-state index in [0.717, 1.165) is 24.3 Å². The number of carbonyl (C=O) groups is 1. The van der Waals surface area contributed by atoms with Crippen molar-refractivity contribution in [3.63, 3.8) is 0 Å². The third-order valence-corrected chi connectivity index (χ3v) is 3.41. The Morgan fingerprint density at radius 2 is 1.72 bits per heavy atom. The first-order chi connectivity index (χ1) is 11.7. The van der Waals surface area contributed by atoms with E-state index in [2.05, 4.69) is 10.6 Å². The average Bonchev–Trinajstić information content (AvgIpc) is 2.53. The summed E-state index contributed by atoms with van der Waals surface area (Å²) in [5.74, 6) is -0.530. The van der Waals surface area contributed by atoms with E-state index < -0.39 is 22.6 Å². The summed E-state index contributed by atoms with van der Waals surface area (Å²) in [5.41, 5.74) is -0.632. The Kier molecular flexibility index (Phi) is 5.48. The number of nitro groups is 1. The Hall–Kier alpha value is -2.81. The van der Waals surface area contributed by atoms with Crippen LogP contribution in [-0.2, 0) is 11.0 Å². The van der Waals surface area contributed by atoms with Crippen LogP contribution < -0.4 is 10.6 Å². The number of nitrogens with one attached hydrogen (secondary N) is 2. The third-order valence-electron chi connectivity index (χ3n) is 3.09. The zero-order valence-corrected chi connectivity index (χ0v) is 13.2. The fourth-order valence-electron chi connectivity index (χ4n) is 1.89. The van der Waals surface area contributed by atoms with Crippen LogP contribution in [0.3, 0.4) is 0 Å². The van der Waals surface area contributed by atoms with Crippen molar-refractivity contribution in [2.24, 2.45) is 0 Å². The molecule has 2 aromatic rings. The molecule has 132 valence electrons. The molecule has 2 N–H and O–H groups in total. The Balaban J connectivity index is 1.95. The number of halogens is 4. The van der Waals surface area contributed by atoms with E-state index in [1.165, 1.54) is 18.2 Å². The van der Waals surface area contributed by atoms with Gasteiger partial charge in [-0.2, -0.15) is 13.2 Å². The number of nitro benzene ring substituents is 1. The van der Waals surface area contributed by atoms with Crippen LogP contribution in [0.25, 0.3) is 0 Å². The van der Waals surface area contributed by atoms with Crippen LogP contribution in [0.15, 0.2) is 42.5 Å². The topological polar surface area (TPSA) is 84.3 Å². The van der Waals surface area contributed by atoms with Crippen molar-refractivity contribution >= 4 is 34.6 Å². The summed E-state index contributed by atoms with van der Waals surface area (Å²) in [6.07, 6.45) is -4.45. The molecule has 0 saturated heterocycles. The van der Waals surface area contributed by atoms with Crippen LogP contribution in [0.4, 0.5) is 30.2 Å². The predicted octanol–water partition coefficient (Wildman–Crippen LogP) is 4.32. The van der Waals surface area contributed by atoms with Crippen LogP contribution in [0.2, 0.25) is 5.02 Å². The first kappa shape index (κ1) is 18.5. The van der Waals surface area contributed by atoms with Crippen molar-refractivity contribution in [3.8, 4) is 0 Å². The number of benzene rings is 2. The number of anilines is 2. The van der Waals surface area contributed by atoms with Gasteiger partial charge in [0.2, 0.25) is 5.91 Å². The van der Waals surface area contributed by atoms with Crippen molar-refractivity contribution < 1.29 is 22.9 Å². The van der Waals surface area contributed by atoms with Crippen molar-refractivity contribution in [2.45, 2.75) is 6.18 Å². The van der Waals surface area contributed by atoms with Crippen LogP contribution in [0, 0.1) is 10.1 Å². The van der Waals surface area contributed by atoms with E-state index in [0.29, 0.717) is 5.69 Å². The second-order valence-electron chi connectivity index (χ2n) is 4.90. The molecule has 0 spiro atoms. The molecule has 0 radical (unpaired) electrons. The van der Waals surface area contributed by atoms with Gasteiger partial charge in [-0.05, 0) is 36.4 Å². The molecule has 10 heteroatoms. The van der Waals surface area contributed by atoms with E-state index in [1.807, 2.05) is 0 Å². The molecule has 0 heterocycles. The zero-order valence-electron chi connectivity index (χ0n) is 12.4. The van der Waals surface area contributed by atoms with Gasteiger partial charge in [-0.3, -0.25) is 14.9 Å². The fraction of sp³-hybridized carbons (Fsp3) is 0.133. The number of carbonyl (C=O) groups excluding carboxylic acids is 1. The second-order valence-corrected chi connectivity index (χ2v) is 5.31. The Morgan fingerprint density at radius 3 is 2.28 bits per heavy atom. The van der Waals surface area contributed by atoms with E-state index >= 15 is 0 Å². The maximum Gasteiger partial charge on any atom is 0.416 e. The van der Waals surface area contributed by atoms with E-state index in [1.54, 1.807) is 0 Å². The number of hydrogen-bond donors (Lipinski definition) is 2. The van der Waals surface area contributed by atoms with Gasteiger partial charge in [0.15, 0.2) is 0 Å². The highest BCUT2D eigenvalue weighted by Crippen LogP contribution is 2.30. The van der Waals surface area contributed by atoms with Crippen LogP contribution >= 0.6 is 11.6 Å². The largest absolute Gasteiger partial charge is 0.416 e. The summed E-state index contributed by atoms with van der Waals surface area (Å²) in [6.45, 7) is -0.236. The minimum absolute atomic E-state index is 0.0373. The predicted molar refractivity (Wildman–Crippen MR) is 86.7 cm³/mol. The molecular formula is C15H11ClF3N3O3. The number of nitrogens with zero attached hydrogens (tertiary/aromatic N) is 1. The minimum Gasteiger partial charge on any atom is -0.376 e. The lowest BCUT2D eigenvalue weighted by molar-refractivity contribution is -0.384. The van der Waals surface area contributed by atoms with Gasteiger partial charge >= 0.3 is 6.18 Å². The summed E-state index contributed by atoms with van der Waals surface area (Å²) >= 11 is 5.68. The smallest absolute Gasteiger partial charge is 0.376 e. The highest BCUT2D eigenvalue weighted by molar-refractivity contribution is 6.32. The maximum absolute atomic E-state index is 12.5. The molecule has 0 atom stereocenters. The monoisotopic (exact) mass is 373 g/mol. The molecule has 0 aliphatic carbocycles. The molecule has 25 heavy (non-hydrogen) atoms. The number of rotatable bonds is 5. The molecular weight excluding hydrogens is 363 g/mol. The maximum atomic E-state index is 12.5. The number of hydrogen-bond acceptors (Lipinski definition) is 4. The van der Waals surface area contributed by atoms with Crippen molar-refractivity contribution in [1.82, 2.24) is 0 Å². The van der Waals surface area contributed by atoms with Crippen LogP contribution in [0.1, 0.15) is 5.56 Å². The highest BCUT2D eigenvalue weighted by Gasteiger charge is 2.29. The van der Waals surface area contributed by atoms with Gasteiger partial charge in [0.1, 0.15) is 5.02 Å². The SMILES string of the molecule is O=C(CNc1ccc(Cl)c([N+](=O)[O-])c1)Nc1ccc(C(F)(F)F)cc1. The molecule has 1 amide bonds. The summed E-state index contributed by atoms with van der Waals surface area (Å²) in [5, 5.41) is 15.8. The summed E-state index contributed by atoms with van der Waals surface area (Å²) in [7, 11) is 0. The first-order valence-electron chi connectivity index (χ1n) is 6.82. The first-order valence-corrected chi connectivity index (χ1v) is 7.19. The van der Waals surface area contributed by atoms with Gasteiger partial charge < -0.3 is 10.6 Å². The minimum atomic E-state index is -4.45. The molecule has 0 aliphatic rings. The third kappa shape index (κ3) is 5.08. The van der Waals surface area contributed by atoms with E-state index in [-0.39, 0.29) is 22.9 Å². The van der Waals surface area contributed by atoms with Crippen LogP contribution in [-0.4, -0.2) is 17.4 Å². The molecule has 0 saturated carbocycles. The molecule has 0 fully saturated rings. The molecule has 0 aromatic heterocycles. The second kappa shape index (κ2) is 7.39. The molecule has 2 aromatic carbocycles. The lowest BCUT2D eigenvalue weighted by atomic mass is 10.2. The normalized spacial score (nSPS) is 11.0. The molecule has 0 bridgehead atoms. The average molecular weight is 374 g/mol. The highest BCUT2D eigenvalue weighted by atomic mass is 35.5. The van der Waals surface area contributed by atoms with Gasteiger partial charge in [-0.15, -0.1) is 0 Å². The number of alkyl halides is 3. The molecule has 6 nitrogen and oxygen atoms in total. The van der Waals surface area contributed by atoms with Crippen molar-refractivity contribution in [1.29, 1.82) is 0 Å². The van der Waals surface area contributed by atoms with Gasteiger partial charge in [0.25, 0.3) is 5.69 Å². The van der Waals surface area contributed by atoms with Crippen LogP contribution in [0.5, 0.6) is 0 Å². The van der Waals surface area contributed by atoms with Crippen molar-refractivity contribution in [3.05, 3.63) is 63.2 Å². The summed E-state index contributed by atoms with van der Waals surface area (Å²) in [6, 6.07) is 7.92. The fourth-order valence-corrected chi connectivity index (χ4v) is 2.08. The van der Waals surface area contributed by atoms with Gasteiger partial charge in [-0.1, -0.05) is 11.6 Å². The summed E-state index contributed by atoms with van der Waals surface area (Å²) in [4.78, 5) is 21.9. The van der Waals surface area contributed by atoms with E-state index in [9.17, 15) is 28.1 Å². The Labute approximate surface area is 144 Å². The quantitative estimate of drug-likeness (QED) is 0.604. The number of amides is 1. The van der Waals surface area contributed by atoms with Gasteiger partial charge in [0, 0.05) is 17.4 Å². The lowest BCUT2D eigenvalue weighted by Crippen LogP contribution is -2.21. The van der Waals surface area contributed by atoms with E-state index in [4.69, 9.17) is 11.6 Å². The molecule has 0 unspecified atom stereocenters. The Bertz CT molecular complexity index is 795. The zero-order chi connectivity index (χ0) is 18.6. The molecule has 0 aliphatic heterocycles. The Morgan fingerprint density at radius 1 is 1.12 bits per heavy atom. The van der Waals surface area contributed by atoms with Crippen molar-refractivity contribution in [2.75, 3.05) is 17.2 Å². The summed E-state index contributed by atoms with van der Waals surface area (Å²) < 4.78 is 37.4. The standard InChI is InChI=1S/C15H11ClF3N3O3/c16-12-6-5-11(7-13(12)22(24)25)20-8-14(23)21-10-3-1-9(2-4-10)15(17,18)19/h1-7,20H,8H2,(H,21,23). The van der Waals surface area contributed by atoms with Gasteiger partial charge in [0.05, 0.1) is 17.0 Å². The van der Waals surface area contributed by atoms with Gasteiger partial charge in [-0.25, -0.2) is 0 Å².